The van der Waals surface area contributed by atoms with E-state index in [0.29, 0.717) is 17.0 Å². The molecular formula is C13H17NO3. The molecule has 1 fully saturated rings. The second kappa shape index (κ2) is 5.08. The van der Waals surface area contributed by atoms with E-state index in [1.54, 1.807) is 18.2 Å². The predicted octanol–water partition coefficient (Wildman–Crippen LogP) is 2.38. The predicted molar refractivity (Wildman–Crippen MR) is 65.1 cm³/mol. The number of nitrogen functional groups attached to an aromatic ring is 1. The third kappa shape index (κ3) is 2.70. The molecule has 0 atom stereocenters. The lowest BCUT2D eigenvalue weighted by molar-refractivity contribution is 0.0593. The molecule has 0 spiro atoms. The Balaban J connectivity index is 2.22. The molecule has 92 valence electrons. The number of carbonyl (C=O) groups is 1. The number of benzene rings is 1. The van der Waals surface area contributed by atoms with Crippen molar-refractivity contribution in [1.82, 2.24) is 0 Å². The minimum atomic E-state index is -0.412. The van der Waals surface area contributed by atoms with Crippen LogP contribution in [0.5, 0.6) is 5.75 Å². The number of rotatable bonds is 3. The first-order chi connectivity index (χ1) is 8.20. The van der Waals surface area contributed by atoms with Crippen molar-refractivity contribution in [2.45, 2.75) is 31.8 Å². The summed E-state index contributed by atoms with van der Waals surface area (Å²) in [6, 6.07) is 5.06. The summed E-state index contributed by atoms with van der Waals surface area (Å²) in [5.74, 6) is 0.156. The zero-order chi connectivity index (χ0) is 12.3. The zero-order valence-electron chi connectivity index (χ0n) is 9.94. The van der Waals surface area contributed by atoms with Gasteiger partial charge in [0, 0.05) is 5.69 Å². The van der Waals surface area contributed by atoms with Gasteiger partial charge in [-0.3, -0.25) is 0 Å². The normalized spacial score (nSPS) is 15.8. The van der Waals surface area contributed by atoms with Gasteiger partial charge in [-0.2, -0.15) is 0 Å². The summed E-state index contributed by atoms with van der Waals surface area (Å²) in [7, 11) is 1.35. The average Bonchev–Trinajstić information content (AvgIpc) is 2.83. The highest BCUT2D eigenvalue weighted by atomic mass is 16.5. The molecule has 0 saturated heterocycles. The van der Waals surface area contributed by atoms with Crippen molar-refractivity contribution >= 4 is 11.7 Å². The van der Waals surface area contributed by atoms with Crippen LogP contribution in [0.15, 0.2) is 18.2 Å². The lowest BCUT2D eigenvalue weighted by Gasteiger charge is -2.15. The molecular weight excluding hydrogens is 218 g/mol. The van der Waals surface area contributed by atoms with E-state index in [-0.39, 0.29) is 6.10 Å². The SMILES string of the molecule is COC(=O)c1cc(N)ccc1OC1CCCC1. The van der Waals surface area contributed by atoms with Gasteiger partial charge in [-0.05, 0) is 43.9 Å². The van der Waals surface area contributed by atoms with Gasteiger partial charge in [-0.15, -0.1) is 0 Å². The van der Waals surface area contributed by atoms with E-state index in [4.69, 9.17) is 15.2 Å². The van der Waals surface area contributed by atoms with Gasteiger partial charge in [0.05, 0.1) is 13.2 Å². The highest BCUT2D eigenvalue weighted by Gasteiger charge is 2.20. The van der Waals surface area contributed by atoms with Crippen LogP contribution in [-0.4, -0.2) is 19.2 Å². The van der Waals surface area contributed by atoms with E-state index in [1.165, 1.54) is 20.0 Å². The van der Waals surface area contributed by atoms with Crippen LogP contribution >= 0.6 is 0 Å². The van der Waals surface area contributed by atoms with Crippen LogP contribution in [0.4, 0.5) is 5.69 Å². The molecule has 4 heteroatoms. The Hall–Kier alpha value is -1.71. The van der Waals surface area contributed by atoms with Gasteiger partial charge in [-0.25, -0.2) is 4.79 Å². The number of carbonyl (C=O) groups excluding carboxylic acids is 1. The number of hydrogen-bond acceptors (Lipinski definition) is 4. The Morgan fingerprint density at radius 2 is 2.06 bits per heavy atom. The van der Waals surface area contributed by atoms with E-state index in [0.717, 1.165) is 12.8 Å². The number of hydrogen-bond donors (Lipinski definition) is 1. The molecule has 0 bridgehead atoms. The smallest absolute Gasteiger partial charge is 0.341 e. The lowest BCUT2D eigenvalue weighted by Crippen LogP contribution is -2.14. The molecule has 0 aliphatic heterocycles. The van der Waals surface area contributed by atoms with Crippen LogP contribution in [0, 0.1) is 0 Å². The van der Waals surface area contributed by atoms with Crippen molar-refractivity contribution < 1.29 is 14.3 Å². The van der Waals surface area contributed by atoms with Gasteiger partial charge in [-0.1, -0.05) is 0 Å². The van der Waals surface area contributed by atoms with Gasteiger partial charge >= 0.3 is 5.97 Å². The molecule has 17 heavy (non-hydrogen) atoms. The summed E-state index contributed by atoms with van der Waals surface area (Å²) < 4.78 is 10.5. The van der Waals surface area contributed by atoms with Gasteiger partial charge < -0.3 is 15.2 Å². The summed E-state index contributed by atoms with van der Waals surface area (Å²) >= 11 is 0. The topological polar surface area (TPSA) is 61.5 Å². The molecule has 0 radical (unpaired) electrons. The molecule has 0 amide bonds. The summed E-state index contributed by atoms with van der Waals surface area (Å²) in [5.41, 5.74) is 6.60. The van der Waals surface area contributed by atoms with Crippen LogP contribution < -0.4 is 10.5 Å². The Kier molecular flexibility index (Phi) is 3.52. The lowest BCUT2D eigenvalue weighted by atomic mass is 10.1. The first-order valence-corrected chi connectivity index (χ1v) is 5.85. The van der Waals surface area contributed by atoms with Crippen LogP contribution in [0.3, 0.4) is 0 Å². The van der Waals surface area contributed by atoms with Crippen molar-refractivity contribution in [1.29, 1.82) is 0 Å². The molecule has 0 unspecified atom stereocenters. The summed E-state index contributed by atoms with van der Waals surface area (Å²) in [5, 5.41) is 0. The first-order valence-electron chi connectivity index (χ1n) is 5.85. The minimum Gasteiger partial charge on any atom is -0.490 e. The molecule has 4 nitrogen and oxygen atoms in total. The quantitative estimate of drug-likeness (QED) is 0.645. The minimum absolute atomic E-state index is 0.210. The molecule has 0 heterocycles. The van der Waals surface area contributed by atoms with Crippen LogP contribution in [0.2, 0.25) is 0 Å². The molecule has 1 aliphatic carbocycles. The van der Waals surface area contributed by atoms with Crippen LogP contribution in [0.1, 0.15) is 36.0 Å². The van der Waals surface area contributed by atoms with Gasteiger partial charge in [0.25, 0.3) is 0 Å². The van der Waals surface area contributed by atoms with E-state index >= 15 is 0 Å². The third-order valence-corrected chi connectivity index (χ3v) is 3.00. The maximum atomic E-state index is 11.6. The Bertz CT molecular complexity index is 411. The second-order valence-electron chi connectivity index (χ2n) is 4.27. The fourth-order valence-electron chi connectivity index (χ4n) is 2.11. The Morgan fingerprint density at radius 3 is 2.71 bits per heavy atom. The van der Waals surface area contributed by atoms with Crippen molar-refractivity contribution in [2.75, 3.05) is 12.8 Å². The standard InChI is InChI=1S/C13H17NO3/c1-16-13(15)11-8-9(14)6-7-12(11)17-10-4-2-3-5-10/h6-8,10H,2-5,14H2,1H3. The van der Waals surface area contributed by atoms with Gasteiger partial charge in [0.2, 0.25) is 0 Å². The molecule has 1 aliphatic rings. The molecule has 0 aromatic heterocycles. The molecule has 2 rings (SSSR count). The van der Waals surface area contributed by atoms with Crippen molar-refractivity contribution in [3.05, 3.63) is 23.8 Å². The number of methoxy groups -OCH3 is 1. The number of anilines is 1. The van der Waals surface area contributed by atoms with Gasteiger partial charge in [0.1, 0.15) is 11.3 Å². The second-order valence-corrected chi connectivity index (χ2v) is 4.27. The summed E-state index contributed by atoms with van der Waals surface area (Å²) in [4.78, 5) is 11.6. The fourth-order valence-corrected chi connectivity index (χ4v) is 2.11. The summed E-state index contributed by atoms with van der Waals surface area (Å²) in [6.45, 7) is 0. The highest BCUT2D eigenvalue weighted by Crippen LogP contribution is 2.28. The highest BCUT2D eigenvalue weighted by molar-refractivity contribution is 5.93. The van der Waals surface area contributed by atoms with E-state index in [2.05, 4.69) is 0 Å². The van der Waals surface area contributed by atoms with Crippen molar-refractivity contribution in [3.8, 4) is 5.75 Å². The molecule has 1 aromatic rings. The number of esters is 1. The van der Waals surface area contributed by atoms with E-state index < -0.39 is 5.97 Å². The fraction of sp³-hybridized carbons (Fsp3) is 0.462. The molecule has 2 N–H and O–H groups in total. The van der Waals surface area contributed by atoms with Crippen molar-refractivity contribution in [3.63, 3.8) is 0 Å². The molecule has 1 aromatic carbocycles. The maximum Gasteiger partial charge on any atom is 0.341 e. The first kappa shape index (κ1) is 11.8. The third-order valence-electron chi connectivity index (χ3n) is 3.00. The number of nitrogens with two attached hydrogens (primary N) is 1. The largest absolute Gasteiger partial charge is 0.490 e. The Labute approximate surface area is 101 Å². The van der Waals surface area contributed by atoms with E-state index in [1.807, 2.05) is 0 Å². The average molecular weight is 235 g/mol. The van der Waals surface area contributed by atoms with Crippen LogP contribution in [0.25, 0.3) is 0 Å². The molecule has 1 saturated carbocycles. The Morgan fingerprint density at radius 1 is 1.35 bits per heavy atom. The summed E-state index contributed by atoms with van der Waals surface area (Å²) in [6.07, 6.45) is 4.68. The van der Waals surface area contributed by atoms with Gasteiger partial charge in [0.15, 0.2) is 0 Å². The maximum absolute atomic E-state index is 11.6. The number of ether oxygens (including phenoxy) is 2. The zero-order valence-corrected chi connectivity index (χ0v) is 9.94. The van der Waals surface area contributed by atoms with E-state index in [9.17, 15) is 4.79 Å². The van der Waals surface area contributed by atoms with Crippen molar-refractivity contribution in [2.24, 2.45) is 0 Å². The monoisotopic (exact) mass is 235 g/mol. The van der Waals surface area contributed by atoms with Crippen LogP contribution in [-0.2, 0) is 4.74 Å².